The van der Waals surface area contributed by atoms with Crippen LogP contribution in [-0.4, -0.2) is 41.5 Å². The van der Waals surface area contributed by atoms with E-state index >= 15 is 0 Å². The van der Waals surface area contributed by atoms with Crippen LogP contribution in [0.5, 0.6) is 0 Å². The molecule has 0 aromatic rings. The van der Waals surface area contributed by atoms with E-state index in [2.05, 4.69) is 0 Å². The van der Waals surface area contributed by atoms with Crippen molar-refractivity contribution in [2.75, 3.05) is 25.2 Å². The molecule has 5 heteroatoms. The van der Waals surface area contributed by atoms with E-state index in [-0.39, 0.29) is 11.9 Å². The average molecular weight is 222 g/mol. The fraction of sp³-hybridized carbons (Fsp3) is 0.889. The minimum atomic E-state index is -1.12. The zero-order chi connectivity index (χ0) is 11.0. The van der Waals surface area contributed by atoms with Gasteiger partial charge >= 0.3 is 5.97 Å². The zero-order valence-corrected chi connectivity index (χ0v) is 9.76. The van der Waals surface area contributed by atoms with Gasteiger partial charge < -0.3 is 9.47 Å². The Kier molecular flexibility index (Phi) is 7.70. The molecule has 84 valence electrons. The molecule has 1 unspecified atom stereocenters. The van der Waals surface area contributed by atoms with Crippen LogP contribution in [0, 0.1) is 0 Å². The Balaban J connectivity index is 3.56. The zero-order valence-electron chi connectivity index (χ0n) is 8.95. The highest BCUT2D eigenvalue weighted by atomic mass is 32.2. The summed E-state index contributed by atoms with van der Waals surface area (Å²) in [6.45, 7) is 4.11. The fourth-order valence-corrected chi connectivity index (χ4v) is 1.78. The third-order valence-electron chi connectivity index (χ3n) is 1.37. The van der Waals surface area contributed by atoms with Crippen LogP contribution in [0.3, 0.4) is 0 Å². The first-order valence-corrected chi connectivity index (χ1v) is 6.08. The van der Waals surface area contributed by atoms with Gasteiger partial charge in [-0.3, -0.25) is 9.00 Å². The van der Waals surface area contributed by atoms with Gasteiger partial charge in [0.2, 0.25) is 0 Å². The van der Waals surface area contributed by atoms with E-state index in [1.165, 1.54) is 0 Å². The van der Waals surface area contributed by atoms with Crippen molar-refractivity contribution in [3.63, 3.8) is 0 Å². The second kappa shape index (κ2) is 7.94. The number of hydrogen-bond donors (Lipinski definition) is 0. The molecular weight excluding hydrogens is 204 g/mol. The number of esters is 1. The molecule has 4 nitrogen and oxygen atoms in total. The van der Waals surface area contributed by atoms with E-state index in [0.29, 0.717) is 18.8 Å². The van der Waals surface area contributed by atoms with Gasteiger partial charge in [-0.25, -0.2) is 0 Å². The van der Waals surface area contributed by atoms with E-state index in [9.17, 15) is 9.00 Å². The highest BCUT2D eigenvalue weighted by Crippen LogP contribution is 1.94. The van der Waals surface area contributed by atoms with Gasteiger partial charge in [-0.2, -0.15) is 0 Å². The van der Waals surface area contributed by atoms with Crippen LogP contribution < -0.4 is 0 Å². The van der Waals surface area contributed by atoms with Crippen molar-refractivity contribution in [1.82, 2.24) is 0 Å². The maximum absolute atomic E-state index is 11.3. The molecule has 0 bridgehead atoms. The first-order chi connectivity index (χ1) is 6.56. The Morgan fingerprint density at radius 3 is 2.57 bits per heavy atom. The van der Waals surface area contributed by atoms with Crippen molar-refractivity contribution >= 4 is 16.8 Å². The van der Waals surface area contributed by atoms with Crippen molar-refractivity contribution in [1.29, 1.82) is 0 Å². The second-order valence-corrected chi connectivity index (χ2v) is 4.75. The summed E-state index contributed by atoms with van der Waals surface area (Å²) in [6, 6.07) is 0. The van der Waals surface area contributed by atoms with Gasteiger partial charge in [-0.05, 0) is 20.3 Å². The molecule has 0 N–H and O–H groups in total. The van der Waals surface area contributed by atoms with Gasteiger partial charge in [0.25, 0.3) is 0 Å². The maximum atomic E-state index is 11.3. The van der Waals surface area contributed by atoms with Gasteiger partial charge in [0, 0.05) is 30.3 Å². The molecule has 0 aromatic carbocycles. The minimum Gasteiger partial charge on any atom is -0.462 e. The third kappa shape index (κ3) is 8.19. The molecule has 0 saturated carbocycles. The average Bonchev–Trinajstić information content (AvgIpc) is 2.02. The summed E-state index contributed by atoms with van der Waals surface area (Å²) in [6.07, 6.45) is 0.566. The Hall–Kier alpha value is -0.420. The lowest BCUT2D eigenvalue weighted by molar-refractivity contribution is -0.144. The molecule has 0 aromatic heterocycles. The van der Waals surface area contributed by atoms with E-state index in [1.807, 2.05) is 0 Å². The van der Waals surface area contributed by atoms with E-state index in [1.54, 1.807) is 21.0 Å². The monoisotopic (exact) mass is 222 g/mol. The van der Waals surface area contributed by atoms with Crippen LogP contribution >= 0.6 is 0 Å². The number of methoxy groups -OCH3 is 1. The number of hydrogen-bond acceptors (Lipinski definition) is 4. The predicted octanol–water partition coefficient (Wildman–Crippen LogP) is 0.723. The SMILES string of the molecule is COCCCS(=O)CC(=O)OC(C)C. The third-order valence-corrected chi connectivity index (χ3v) is 2.67. The van der Waals surface area contributed by atoms with Crippen molar-refractivity contribution < 1.29 is 18.5 Å². The summed E-state index contributed by atoms with van der Waals surface area (Å²) >= 11 is 0. The van der Waals surface area contributed by atoms with Crippen molar-refractivity contribution in [2.45, 2.75) is 26.4 Å². The van der Waals surface area contributed by atoms with Gasteiger partial charge in [-0.1, -0.05) is 0 Å². The molecule has 0 aliphatic heterocycles. The predicted molar refractivity (Wildman–Crippen MR) is 55.6 cm³/mol. The summed E-state index contributed by atoms with van der Waals surface area (Å²) in [5, 5.41) is 0. The van der Waals surface area contributed by atoms with Gasteiger partial charge in [0.15, 0.2) is 0 Å². The Morgan fingerprint density at radius 2 is 2.07 bits per heavy atom. The molecule has 0 amide bonds. The van der Waals surface area contributed by atoms with Crippen LogP contribution in [0.1, 0.15) is 20.3 Å². The Labute approximate surface area is 87.4 Å². The lowest BCUT2D eigenvalue weighted by atomic mass is 10.5. The molecule has 0 spiro atoms. The molecular formula is C9H18O4S. The van der Waals surface area contributed by atoms with Crippen LogP contribution in [0.4, 0.5) is 0 Å². The lowest BCUT2D eigenvalue weighted by Gasteiger charge is -2.07. The summed E-state index contributed by atoms with van der Waals surface area (Å²) < 4.78 is 20.9. The van der Waals surface area contributed by atoms with Crippen molar-refractivity contribution in [3.8, 4) is 0 Å². The first kappa shape index (κ1) is 13.6. The van der Waals surface area contributed by atoms with Crippen LogP contribution in [0.15, 0.2) is 0 Å². The van der Waals surface area contributed by atoms with Crippen molar-refractivity contribution in [2.24, 2.45) is 0 Å². The molecule has 0 fully saturated rings. The smallest absolute Gasteiger partial charge is 0.318 e. The quantitative estimate of drug-likeness (QED) is 0.470. The molecule has 0 rings (SSSR count). The standard InChI is InChI=1S/C9H18O4S/c1-8(2)13-9(10)7-14(11)6-4-5-12-3/h8H,4-7H2,1-3H3. The van der Waals surface area contributed by atoms with Crippen LogP contribution in [-0.2, 0) is 25.1 Å². The highest BCUT2D eigenvalue weighted by molar-refractivity contribution is 7.85. The van der Waals surface area contributed by atoms with Gasteiger partial charge in [0.1, 0.15) is 5.75 Å². The molecule has 0 saturated heterocycles. The molecule has 0 radical (unpaired) electrons. The lowest BCUT2D eigenvalue weighted by Crippen LogP contribution is -2.19. The fourth-order valence-electron chi connectivity index (χ4n) is 0.865. The summed E-state index contributed by atoms with van der Waals surface area (Å²) in [4.78, 5) is 11.1. The number of carbonyl (C=O) groups excluding carboxylic acids is 1. The van der Waals surface area contributed by atoms with E-state index in [0.717, 1.165) is 0 Å². The topological polar surface area (TPSA) is 52.6 Å². The van der Waals surface area contributed by atoms with Crippen LogP contribution in [0.25, 0.3) is 0 Å². The van der Waals surface area contributed by atoms with Gasteiger partial charge in [0.05, 0.1) is 6.10 Å². The molecule has 0 aliphatic carbocycles. The normalized spacial score (nSPS) is 12.9. The van der Waals surface area contributed by atoms with Crippen molar-refractivity contribution in [3.05, 3.63) is 0 Å². The largest absolute Gasteiger partial charge is 0.462 e. The number of carbonyl (C=O) groups is 1. The van der Waals surface area contributed by atoms with E-state index < -0.39 is 16.8 Å². The molecule has 0 aliphatic rings. The summed E-state index contributed by atoms with van der Waals surface area (Å²) in [5.41, 5.74) is 0. The highest BCUT2D eigenvalue weighted by Gasteiger charge is 2.10. The van der Waals surface area contributed by atoms with E-state index in [4.69, 9.17) is 9.47 Å². The summed E-state index contributed by atoms with van der Waals surface area (Å²) in [7, 11) is 0.471. The summed E-state index contributed by atoms with van der Waals surface area (Å²) in [5.74, 6) is 0.0823. The van der Waals surface area contributed by atoms with Gasteiger partial charge in [-0.15, -0.1) is 0 Å². The minimum absolute atomic E-state index is 0.0120. The molecule has 0 heterocycles. The number of rotatable bonds is 7. The molecule has 14 heavy (non-hydrogen) atoms. The maximum Gasteiger partial charge on any atom is 0.318 e. The second-order valence-electron chi connectivity index (χ2n) is 3.17. The first-order valence-electron chi connectivity index (χ1n) is 4.59. The molecule has 1 atom stereocenters. The van der Waals surface area contributed by atoms with Crippen LogP contribution in [0.2, 0.25) is 0 Å². The Bertz CT molecular complexity index is 191. The Morgan fingerprint density at radius 1 is 1.43 bits per heavy atom. The number of ether oxygens (including phenoxy) is 2.